The molecule has 0 amide bonds. The van der Waals surface area contributed by atoms with Crippen LogP contribution in [0, 0.1) is 6.92 Å². The lowest BCUT2D eigenvalue weighted by Crippen LogP contribution is -3.11. The fraction of sp³-hybridized carbons (Fsp3) is 0.417. The summed E-state index contributed by atoms with van der Waals surface area (Å²) in [7, 11) is 0. The summed E-state index contributed by atoms with van der Waals surface area (Å²) >= 11 is 0. The number of nitrogens with zero attached hydrogens (tertiary/aromatic N) is 1. The van der Waals surface area contributed by atoms with Crippen molar-refractivity contribution in [2.75, 3.05) is 6.54 Å². The van der Waals surface area contributed by atoms with Crippen molar-refractivity contribution >= 4 is 10.9 Å². The lowest BCUT2D eigenvalue weighted by Gasteiger charge is -2.31. The van der Waals surface area contributed by atoms with Gasteiger partial charge in [-0.3, -0.25) is 0 Å². The molecule has 0 fully saturated rings. The van der Waals surface area contributed by atoms with Crippen LogP contribution >= 0.6 is 0 Å². The molecule has 1 aromatic heterocycles. The number of hydrogen-bond acceptors (Lipinski definition) is 0. The van der Waals surface area contributed by atoms with Crippen LogP contribution in [0.15, 0.2) is 42.5 Å². The molecule has 0 saturated carbocycles. The Hall–Kier alpha value is -2.27. The predicted molar refractivity (Wildman–Crippen MR) is 108 cm³/mol. The van der Waals surface area contributed by atoms with Crippen molar-refractivity contribution < 1.29 is 18.1 Å². The summed E-state index contributed by atoms with van der Waals surface area (Å²) in [6.07, 6.45) is -0.0810. The highest BCUT2D eigenvalue weighted by molar-refractivity contribution is 5.86. The Bertz CT molecular complexity index is 1060. The number of fused-ring (bicyclic) bond motifs is 3. The lowest BCUT2D eigenvalue weighted by molar-refractivity contribution is -0.945. The maximum absolute atomic E-state index is 13.5. The molecule has 152 valence electrons. The molecule has 5 rings (SSSR count). The van der Waals surface area contributed by atoms with Gasteiger partial charge in [0.2, 0.25) is 0 Å². The molecule has 5 heteroatoms. The number of aryl methyl sites for hydroxylation is 3. The molecular formula is C24H26F3N2+. The van der Waals surface area contributed by atoms with E-state index >= 15 is 0 Å². The van der Waals surface area contributed by atoms with Crippen LogP contribution in [0.2, 0.25) is 0 Å². The van der Waals surface area contributed by atoms with Crippen molar-refractivity contribution in [3.05, 3.63) is 70.4 Å². The molecule has 2 aliphatic rings. The predicted octanol–water partition coefficient (Wildman–Crippen LogP) is 4.83. The number of rotatable bonds is 2. The van der Waals surface area contributed by atoms with Crippen molar-refractivity contribution in [2.24, 2.45) is 0 Å². The van der Waals surface area contributed by atoms with Gasteiger partial charge in [-0.1, -0.05) is 29.8 Å². The molecule has 2 atom stereocenters. The zero-order valence-electron chi connectivity index (χ0n) is 16.6. The van der Waals surface area contributed by atoms with E-state index in [0.29, 0.717) is 12.1 Å². The van der Waals surface area contributed by atoms with Gasteiger partial charge in [0, 0.05) is 35.9 Å². The third-order valence-corrected chi connectivity index (χ3v) is 6.73. The normalized spacial score (nSPS) is 21.8. The average molecular weight is 399 g/mol. The SMILES string of the molecule is Cc1ccc2c(c1)c1c3n2CCC[NH+](Cc2ccccc2C(F)(F)F)[C@@H]3CCC1. The van der Waals surface area contributed by atoms with E-state index in [1.807, 2.05) is 0 Å². The van der Waals surface area contributed by atoms with Gasteiger partial charge in [0.15, 0.2) is 0 Å². The first-order valence-corrected chi connectivity index (χ1v) is 10.5. The van der Waals surface area contributed by atoms with Gasteiger partial charge in [-0.2, -0.15) is 13.2 Å². The average Bonchev–Trinajstić information content (AvgIpc) is 2.87. The number of nitrogens with one attached hydrogen (secondary N) is 1. The molecule has 0 saturated heterocycles. The van der Waals surface area contributed by atoms with E-state index in [9.17, 15) is 13.2 Å². The molecule has 1 aliphatic carbocycles. The van der Waals surface area contributed by atoms with Gasteiger partial charge in [0.1, 0.15) is 12.6 Å². The van der Waals surface area contributed by atoms with E-state index in [4.69, 9.17) is 0 Å². The van der Waals surface area contributed by atoms with Gasteiger partial charge in [0.25, 0.3) is 0 Å². The Morgan fingerprint density at radius 3 is 2.76 bits per heavy atom. The van der Waals surface area contributed by atoms with Crippen molar-refractivity contribution in [1.82, 2.24) is 4.57 Å². The molecule has 1 N–H and O–H groups in total. The second-order valence-corrected chi connectivity index (χ2v) is 8.57. The van der Waals surface area contributed by atoms with Crippen molar-refractivity contribution in [1.29, 1.82) is 0 Å². The maximum atomic E-state index is 13.5. The number of benzene rings is 2. The van der Waals surface area contributed by atoms with Crippen LogP contribution in [0.4, 0.5) is 13.2 Å². The molecule has 2 aromatic carbocycles. The number of quaternary nitrogens is 1. The smallest absolute Gasteiger partial charge is 0.339 e. The second kappa shape index (κ2) is 6.91. The van der Waals surface area contributed by atoms with Gasteiger partial charge in [-0.25, -0.2) is 0 Å². The highest BCUT2D eigenvalue weighted by atomic mass is 19.4. The number of hydrogen-bond donors (Lipinski definition) is 1. The Morgan fingerprint density at radius 1 is 1.10 bits per heavy atom. The molecule has 1 aliphatic heterocycles. The molecule has 0 bridgehead atoms. The monoisotopic (exact) mass is 399 g/mol. The van der Waals surface area contributed by atoms with E-state index in [2.05, 4.69) is 29.7 Å². The van der Waals surface area contributed by atoms with Gasteiger partial charge >= 0.3 is 6.18 Å². The van der Waals surface area contributed by atoms with Crippen molar-refractivity contribution in [3.63, 3.8) is 0 Å². The largest absolute Gasteiger partial charge is 0.416 e. The molecule has 1 unspecified atom stereocenters. The van der Waals surface area contributed by atoms with Crippen LogP contribution in [0.1, 0.15) is 53.3 Å². The topological polar surface area (TPSA) is 9.37 Å². The quantitative estimate of drug-likeness (QED) is 0.632. The minimum atomic E-state index is -4.30. The van der Waals surface area contributed by atoms with E-state index in [0.717, 1.165) is 38.8 Å². The lowest BCUT2D eigenvalue weighted by atomic mass is 9.90. The number of aromatic nitrogens is 1. The summed E-state index contributed by atoms with van der Waals surface area (Å²) in [5, 5.41) is 1.35. The third-order valence-electron chi connectivity index (χ3n) is 6.73. The minimum absolute atomic E-state index is 0.273. The maximum Gasteiger partial charge on any atom is 0.416 e. The van der Waals surface area contributed by atoms with E-state index in [1.165, 1.54) is 44.8 Å². The Labute approximate surface area is 168 Å². The second-order valence-electron chi connectivity index (χ2n) is 8.57. The number of halogens is 3. The van der Waals surface area contributed by atoms with Crippen LogP contribution in [0.25, 0.3) is 10.9 Å². The zero-order valence-corrected chi connectivity index (χ0v) is 16.6. The summed E-state index contributed by atoms with van der Waals surface area (Å²) in [4.78, 5) is 1.28. The molecule has 29 heavy (non-hydrogen) atoms. The minimum Gasteiger partial charge on any atom is -0.339 e. The van der Waals surface area contributed by atoms with E-state index in [-0.39, 0.29) is 6.04 Å². The fourth-order valence-electron chi connectivity index (χ4n) is 5.52. The van der Waals surface area contributed by atoms with Crippen LogP contribution in [-0.2, 0) is 25.7 Å². The molecule has 2 heterocycles. The summed E-state index contributed by atoms with van der Waals surface area (Å²) in [5.41, 5.74) is 5.31. The van der Waals surface area contributed by atoms with Crippen LogP contribution in [-0.4, -0.2) is 11.1 Å². The number of alkyl halides is 3. The van der Waals surface area contributed by atoms with Crippen molar-refractivity contribution in [2.45, 2.75) is 57.9 Å². The summed E-state index contributed by atoms with van der Waals surface area (Å²) < 4.78 is 43.1. The van der Waals surface area contributed by atoms with Crippen LogP contribution < -0.4 is 4.90 Å². The first-order chi connectivity index (χ1) is 13.9. The summed E-state index contributed by atoms with van der Waals surface area (Å²) in [6, 6.07) is 13.0. The molecule has 3 aromatic rings. The van der Waals surface area contributed by atoms with Crippen LogP contribution in [0.3, 0.4) is 0 Å². The first kappa shape index (κ1) is 18.7. The van der Waals surface area contributed by atoms with Gasteiger partial charge in [-0.15, -0.1) is 0 Å². The molecular weight excluding hydrogens is 373 g/mol. The van der Waals surface area contributed by atoms with Gasteiger partial charge in [-0.05, 0) is 43.5 Å². The third kappa shape index (κ3) is 3.16. The summed E-state index contributed by atoms with van der Waals surface area (Å²) in [5.74, 6) is 0. The van der Waals surface area contributed by atoms with Gasteiger partial charge in [0.05, 0.1) is 17.8 Å². The molecule has 0 radical (unpaired) electrons. The first-order valence-electron chi connectivity index (χ1n) is 10.5. The van der Waals surface area contributed by atoms with Crippen molar-refractivity contribution in [3.8, 4) is 0 Å². The standard InChI is InChI=1S/C24H25F3N2/c1-16-10-11-21-19(14-16)18-7-4-9-22-23(18)29(21)13-5-12-28(22)15-17-6-2-3-8-20(17)24(25,26)27/h2-3,6,8,10-11,14,22H,4-5,7,9,12-13,15H2,1H3/p+1/t22-/m1/s1. The summed E-state index contributed by atoms with van der Waals surface area (Å²) in [6.45, 7) is 4.42. The fourth-order valence-corrected chi connectivity index (χ4v) is 5.52. The highest BCUT2D eigenvalue weighted by Gasteiger charge is 2.38. The van der Waals surface area contributed by atoms with Gasteiger partial charge < -0.3 is 9.47 Å². The zero-order chi connectivity index (χ0) is 20.2. The molecule has 0 spiro atoms. The highest BCUT2D eigenvalue weighted by Crippen LogP contribution is 2.38. The Balaban J connectivity index is 1.58. The van der Waals surface area contributed by atoms with E-state index in [1.54, 1.807) is 12.1 Å². The molecule has 2 nitrogen and oxygen atoms in total. The Morgan fingerprint density at radius 2 is 1.93 bits per heavy atom. The van der Waals surface area contributed by atoms with Crippen LogP contribution in [0.5, 0.6) is 0 Å². The van der Waals surface area contributed by atoms with E-state index < -0.39 is 11.7 Å². The Kier molecular flexibility index (Phi) is 4.46.